The first kappa shape index (κ1) is 20.7. The number of amides is 2. The van der Waals surface area contributed by atoms with E-state index in [-0.39, 0.29) is 24.8 Å². The van der Waals surface area contributed by atoms with Gasteiger partial charge in [-0.2, -0.15) is 5.10 Å². The maximum atomic E-state index is 12.3. The lowest BCUT2D eigenvalue weighted by atomic mass is 10.1. The van der Waals surface area contributed by atoms with Gasteiger partial charge in [-0.05, 0) is 56.2 Å². The van der Waals surface area contributed by atoms with Crippen molar-refractivity contribution in [1.29, 1.82) is 0 Å². The molecule has 1 aliphatic rings. The number of rotatable bonds is 7. The molecule has 160 valence electrons. The van der Waals surface area contributed by atoms with Crippen molar-refractivity contribution in [3.8, 4) is 11.4 Å². The molecule has 2 aromatic carbocycles. The third-order valence-electron chi connectivity index (χ3n) is 5.30. The topological polar surface area (TPSA) is 76.5 Å². The smallest absolute Gasteiger partial charge is 0.265 e. The number of ether oxygens (including phenoxy) is 1. The number of hydrogen-bond acceptors (Lipinski definition) is 4. The van der Waals surface area contributed by atoms with Gasteiger partial charge >= 0.3 is 0 Å². The molecule has 0 saturated heterocycles. The molecule has 1 N–H and O–H groups in total. The van der Waals surface area contributed by atoms with Gasteiger partial charge in [-0.3, -0.25) is 9.59 Å². The normalized spacial score (nSPS) is 13.0. The predicted octanol–water partition coefficient (Wildman–Crippen LogP) is 2.96. The van der Waals surface area contributed by atoms with Crippen LogP contribution < -0.4 is 15.0 Å². The molecule has 1 aliphatic heterocycles. The molecule has 3 aromatic rings. The fourth-order valence-corrected chi connectivity index (χ4v) is 3.74. The first-order valence-corrected chi connectivity index (χ1v) is 10.4. The monoisotopic (exact) mass is 418 g/mol. The second kappa shape index (κ2) is 9.04. The minimum Gasteiger partial charge on any atom is -0.482 e. The SMILES string of the molecule is Cc1cc(C)n(-c2ccc(CCNC(=O)CCN3C(=O)COc4ccccc43)cc2)n1. The average molecular weight is 418 g/mol. The second-order valence-corrected chi connectivity index (χ2v) is 7.66. The standard InChI is InChI=1S/C24H26N4O3/c1-17-15-18(2)28(26-17)20-9-7-19(8-10-20)11-13-25-23(29)12-14-27-21-5-3-4-6-22(21)31-16-24(27)30/h3-10,15H,11-14,16H2,1-2H3,(H,25,29). The van der Waals surface area contributed by atoms with Gasteiger partial charge in [-0.25, -0.2) is 4.68 Å². The average Bonchev–Trinajstić information content (AvgIpc) is 3.11. The Kier molecular flexibility index (Phi) is 6.02. The lowest BCUT2D eigenvalue weighted by Crippen LogP contribution is -2.41. The van der Waals surface area contributed by atoms with Gasteiger partial charge in [0.05, 0.1) is 17.1 Å². The van der Waals surface area contributed by atoms with Crippen molar-refractivity contribution in [3.05, 3.63) is 71.5 Å². The van der Waals surface area contributed by atoms with Crippen LogP contribution >= 0.6 is 0 Å². The van der Waals surface area contributed by atoms with Gasteiger partial charge in [0.25, 0.3) is 5.91 Å². The number of aromatic nitrogens is 2. The van der Waals surface area contributed by atoms with Gasteiger partial charge in [0.2, 0.25) is 5.91 Å². The van der Waals surface area contributed by atoms with E-state index in [9.17, 15) is 9.59 Å². The highest BCUT2D eigenvalue weighted by molar-refractivity contribution is 5.98. The molecule has 31 heavy (non-hydrogen) atoms. The van der Waals surface area contributed by atoms with Crippen LogP contribution in [0.2, 0.25) is 0 Å². The summed E-state index contributed by atoms with van der Waals surface area (Å²) in [5, 5.41) is 7.44. The molecule has 7 heteroatoms. The highest BCUT2D eigenvalue weighted by Crippen LogP contribution is 2.31. The zero-order valence-electron chi connectivity index (χ0n) is 17.8. The molecule has 0 spiro atoms. The Morgan fingerprint density at radius 2 is 1.90 bits per heavy atom. The van der Waals surface area contributed by atoms with Gasteiger partial charge in [-0.15, -0.1) is 0 Å². The van der Waals surface area contributed by atoms with E-state index in [1.54, 1.807) is 4.90 Å². The van der Waals surface area contributed by atoms with E-state index < -0.39 is 0 Å². The molecule has 2 amide bonds. The number of fused-ring (bicyclic) bond motifs is 1. The lowest BCUT2D eigenvalue weighted by molar-refractivity contribution is -0.122. The maximum Gasteiger partial charge on any atom is 0.265 e. The number of aryl methyl sites for hydroxylation is 2. The highest BCUT2D eigenvalue weighted by Gasteiger charge is 2.25. The van der Waals surface area contributed by atoms with E-state index in [2.05, 4.69) is 22.5 Å². The van der Waals surface area contributed by atoms with Crippen LogP contribution in [0, 0.1) is 13.8 Å². The molecule has 0 aliphatic carbocycles. The third-order valence-corrected chi connectivity index (χ3v) is 5.30. The summed E-state index contributed by atoms with van der Waals surface area (Å²) in [6.07, 6.45) is 0.986. The highest BCUT2D eigenvalue weighted by atomic mass is 16.5. The minimum absolute atomic E-state index is 0.00620. The van der Waals surface area contributed by atoms with Gasteiger partial charge in [0.1, 0.15) is 5.75 Å². The van der Waals surface area contributed by atoms with Crippen molar-refractivity contribution in [2.75, 3.05) is 24.6 Å². The summed E-state index contributed by atoms with van der Waals surface area (Å²) in [7, 11) is 0. The molecule has 0 unspecified atom stereocenters. The molecule has 4 rings (SSSR count). The largest absolute Gasteiger partial charge is 0.482 e. The molecule has 0 fully saturated rings. The Hall–Kier alpha value is -3.61. The summed E-state index contributed by atoms with van der Waals surface area (Å²) < 4.78 is 7.36. The molecule has 2 heterocycles. The number of hydrogen-bond donors (Lipinski definition) is 1. The number of nitrogens with zero attached hydrogens (tertiary/aromatic N) is 3. The van der Waals surface area contributed by atoms with Crippen LogP contribution in [0.3, 0.4) is 0 Å². The van der Waals surface area contributed by atoms with E-state index in [1.807, 2.05) is 61.0 Å². The van der Waals surface area contributed by atoms with Gasteiger partial charge in [0, 0.05) is 25.2 Å². The Labute approximate surface area is 181 Å². The van der Waals surface area contributed by atoms with E-state index in [0.717, 1.165) is 29.1 Å². The van der Waals surface area contributed by atoms with Crippen LogP contribution in [0.15, 0.2) is 54.6 Å². The number of para-hydroxylation sites is 2. The number of nitrogens with one attached hydrogen (secondary N) is 1. The van der Waals surface area contributed by atoms with Crippen LogP contribution in [-0.4, -0.2) is 41.3 Å². The van der Waals surface area contributed by atoms with E-state index in [4.69, 9.17) is 4.74 Å². The Bertz CT molecular complexity index is 1090. The fraction of sp³-hybridized carbons (Fsp3) is 0.292. The Morgan fingerprint density at radius 1 is 1.13 bits per heavy atom. The number of carbonyl (C=O) groups excluding carboxylic acids is 2. The van der Waals surface area contributed by atoms with Crippen molar-refractivity contribution in [3.63, 3.8) is 0 Å². The number of benzene rings is 2. The van der Waals surface area contributed by atoms with E-state index >= 15 is 0 Å². The van der Waals surface area contributed by atoms with Gasteiger partial charge < -0.3 is 15.0 Å². The molecule has 0 radical (unpaired) electrons. The molecule has 0 bridgehead atoms. The zero-order valence-corrected chi connectivity index (χ0v) is 17.8. The Morgan fingerprint density at radius 3 is 2.65 bits per heavy atom. The minimum atomic E-state index is -0.130. The summed E-state index contributed by atoms with van der Waals surface area (Å²) in [4.78, 5) is 26.1. The van der Waals surface area contributed by atoms with Crippen molar-refractivity contribution in [2.45, 2.75) is 26.7 Å². The van der Waals surface area contributed by atoms with Crippen LogP contribution in [-0.2, 0) is 16.0 Å². The number of anilines is 1. The van der Waals surface area contributed by atoms with E-state index in [0.29, 0.717) is 24.5 Å². The quantitative estimate of drug-likeness (QED) is 0.640. The summed E-state index contributed by atoms with van der Waals surface area (Å²) in [5.74, 6) is 0.469. The van der Waals surface area contributed by atoms with Crippen LogP contribution in [0.4, 0.5) is 5.69 Å². The molecule has 7 nitrogen and oxygen atoms in total. The first-order chi connectivity index (χ1) is 15.0. The summed E-state index contributed by atoms with van der Waals surface area (Å²) in [6.45, 7) is 4.90. The van der Waals surface area contributed by atoms with Crippen molar-refractivity contribution < 1.29 is 14.3 Å². The molecule has 0 saturated carbocycles. The first-order valence-electron chi connectivity index (χ1n) is 10.4. The van der Waals surface area contributed by atoms with Gasteiger partial charge in [-0.1, -0.05) is 24.3 Å². The van der Waals surface area contributed by atoms with Gasteiger partial charge in [0.15, 0.2) is 6.61 Å². The van der Waals surface area contributed by atoms with Crippen LogP contribution in [0.1, 0.15) is 23.4 Å². The van der Waals surface area contributed by atoms with Crippen molar-refractivity contribution in [2.24, 2.45) is 0 Å². The van der Waals surface area contributed by atoms with Crippen LogP contribution in [0.5, 0.6) is 5.75 Å². The predicted molar refractivity (Wildman–Crippen MR) is 119 cm³/mol. The summed E-state index contributed by atoms with van der Waals surface area (Å²) >= 11 is 0. The molecule has 1 aromatic heterocycles. The van der Waals surface area contributed by atoms with E-state index in [1.165, 1.54) is 0 Å². The Balaban J connectivity index is 1.25. The zero-order chi connectivity index (χ0) is 21.8. The summed E-state index contributed by atoms with van der Waals surface area (Å²) in [5.41, 5.74) is 4.97. The fourth-order valence-electron chi connectivity index (χ4n) is 3.74. The maximum absolute atomic E-state index is 12.3. The lowest BCUT2D eigenvalue weighted by Gasteiger charge is -2.29. The molecule has 0 atom stereocenters. The molecular formula is C24H26N4O3. The van der Waals surface area contributed by atoms with Crippen LogP contribution in [0.25, 0.3) is 5.69 Å². The van der Waals surface area contributed by atoms with Crippen molar-refractivity contribution >= 4 is 17.5 Å². The third kappa shape index (κ3) is 4.77. The second-order valence-electron chi connectivity index (χ2n) is 7.66. The number of carbonyl (C=O) groups is 2. The summed E-state index contributed by atoms with van der Waals surface area (Å²) in [6, 6.07) is 17.6. The molecular weight excluding hydrogens is 392 g/mol. The van der Waals surface area contributed by atoms with Crippen molar-refractivity contribution in [1.82, 2.24) is 15.1 Å².